The van der Waals surface area contributed by atoms with E-state index < -0.39 is 10.8 Å². The number of anilines is 1. The number of amides is 1. The lowest BCUT2D eigenvalue weighted by Gasteiger charge is -2.10. The highest BCUT2D eigenvalue weighted by Crippen LogP contribution is 2.28. The van der Waals surface area contributed by atoms with Crippen LogP contribution in [0, 0.1) is 10.1 Å². The Balaban J connectivity index is 2.24. The molecule has 2 aromatic carbocycles. The Labute approximate surface area is 119 Å². The van der Waals surface area contributed by atoms with E-state index >= 15 is 0 Å². The molecule has 2 aromatic rings. The second kappa shape index (κ2) is 5.91. The van der Waals surface area contributed by atoms with Crippen molar-refractivity contribution in [3.63, 3.8) is 0 Å². The molecule has 0 bridgehead atoms. The maximum atomic E-state index is 12.1. The molecule has 7 heteroatoms. The second-order valence-corrected chi connectivity index (χ2v) is 4.11. The van der Waals surface area contributed by atoms with Gasteiger partial charge in [-0.2, -0.15) is 0 Å². The van der Waals surface area contributed by atoms with Gasteiger partial charge in [-0.3, -0.25) is 14.9 Å². The van der Waals surface area contributed by atoms with Gasteiger partial charge in [-0.15, -0.1) is 0 Å². The topological polar surface area (TPSA) is 102 Å². The third kappa shape index (κ3) is 3.08. The Kier molecular flexibility index (Phi) is 4.03. The van der Waals surface area contributed by atoms with E-state index in [2.05, 4.69) is 5.32 Å². The van der Waals surface area contributed by atoms with Gasteiger partial charge in [0.2, 0.25) is 0 Å². The summed E-state index contributed by atoms with van der Waals surface area (Å²) in [5, 5.41) is 22.8. The molecule has 21 heavy (non-hydrogen) atoms. The molecule has 0 spiro atoms. The molecule has 0 saturated carbocycles. The van der Waals surface area contributed by atoms with Gasteiger partial charge in [-0.1, -0.05) is 6.07 Å². The Hall–Kier alpha value is -3.09. The number of non-ortho nitro benzene ring substituents is 1. The van der Waals surface area contributed by atoms with Crippen molar-refractivity contribution in [1.29, 1.82) is 0 Å². The maximum Gasteiger partial charge on any atom is 0.269 e. The number of phenols is 1. The highest BCUT2D eigenvalue weighted by molar-refractivity contribution is 6.08. The zero-order chi connectivity index (χ0) is 15.4. The Morgan fingerprint density at radius 2 is 1.90 bits per heavy atom. The molecule has 0 heterocycles. The molecule has 2 N–H and O–H groups in total. The second-order valence-electron chi connectivity index (χ2n) is 4.11. The first-order chi connectivity index (χ1) is 10.0. The van der Waals surface area contributed by atoms with Crippen molar-refractivity contribution in [3.8, 4) is 11.5 Å². The minimum Gasteiger partial charge on any atom is -0.507 e. The predicted octanol–water partition coefficient (Wildman–Crippen LogP) is 2.56. The number of nitrogens with one attached hydrogen (secondary N) is 1. The lowest BCUT2D eigenvalue weighted by molar-refractivity contribution is -0.384. The minimum absolute atomic E-state index is 0.00153. The molecule has 0 radical (unpaired) electrons. The largest absolute Gasteiger partial charge is 0.507 e. The number of hydrogen-bond donors (Lipinski definition) is 2. The molecule has 7 nitrogen and oxygen atoms in total. The van der Waals surface area contributed by atoms with E-state index in [-0.39, 0.29) is 22.7 Å². The normalized spacial score (nSPS) is 9.95. The first-order valence-corrected chi connectivity index (χ1v) is 5.94. The van der Waals surface area contributed by atoms with Crippen molar-refractivity contribution in [3.05, 3.63) is 58.1 Å². The molecule has 108 valence electrons. The van der Waals surface area contributed by atoms with Gasteiger partial charge < -0.3 is 15.2 Å². The number of phenolic OH excluding ortho intramolecular Hbond substituents is 1. The zero-order valence-electron chi connectivity index (χ0n) is 11.1. The van der Waals surface area contributed by atoms with Crippen LogP contribution in [-0.4, -0.2) is 23.0 Å². The molecule has 0 aliphatic heterocycles. The molecule has 0 atom stereocenters. The Morgan fingerprint density at radius 1 is 1.24 bits per heavy atom. The molecule has 1 amide bonds. The lowest BCUT2D eigenvalue weighted by Crippen LogP contribution is -2.13. The van der Waals surface area contributed by atoms with Crippen molar-refractivity contribution in [2.24, 2.45) is 0 Å². The van der Waals surface area contributed by atoms with Crippen molar-refractivity contribution >= 4 is 17.3 Å². The number of hydrogen-bond acceptors (Lipinski definition) is 5. The van der Waals surface area contributed by atoms with Crippen LogP contribution in [0.2, 0.25) is 0 Å². The van der Waals surface area contributed by atoms with Crippen LogP contribution >= 0.6 is 0 Å². The number of aromatic hydroxyl groups is 1. The average Bonchev–Trinajstić information content (AvgIpc) is 2.47. The van der Waals surface area contributed by atoms with Crippen LogP contribution in [0.25, 0.3) is 0 Å². The number of ether oxygens (including phenoxy) is 1. The minimum atomic E-state index is -0.571. The van der Waals surface area contributed by atoms with E-state index in [0.29, 0.717) is 5.69 Å². The van der Waals surface area contributed by atoms with Crippen molar-refractivity contribution in [2.45, 2.75) is 0 Å². The van der Waals surface area contributed by atoms with Gasteiger partial charge in [0.25, 0.3) is 11.6 Å². The molecular weight excluding hydrogens is 276 g/mol. The summed E-state index contributed by atoms with van der Waals surface area (Å²) in [4.78, 5) is 22.2. The summed E-state index contributed by atoms with van der Waals surface area (Å²) in [7, 11) is 1.39. The van der Waals surface area contributed by atoms with Crippen molar-refractivity contribution < 1.29 is 19.6 Å². The number of carbonyl (C=O) groups is 1. The fourth-order valence-corrected chi connectivity index (χ4v) is 1.78. The molecule has 0 unspecified atom stereocenters. The van der Waals surface area contributed by atoms with Crippen LogP contribution in [0.3, 0.4) is 0 Å². The third-order valence-electron chi connectivity index (χ3n) is 2.79. The molecule has 0 saturated heterocycles. The molecule has 0 aromatic heterocycles. The standard InChI is InChI=1S/C14H12N2O5/c1-21-12-4-2-3-11(17)13(12)14(18)15-9-5-7-10(8-6-9)16(19)20/h2-8,17H,1H3,(H,15,18). The highest BCUT2D eigenvalue weighted by atomic mass is 16.6. The number of rotatable bonds is 4. The lowest BCUT2D eigenvalue weighted by atomic mass is 10.1. The summed E-state index contributed by atoms with van der Waals surface area (Å²) < 4.78 is 5.03. The van der Waals surface area contributed by atoms with Gasteiger partial charge >= 0.3 is 0 Å². The van der Waals surface area contributed by atoms with Crippen molar-refractivity contribution in [2.75, 3.05) is 12.4 Å². The van der Waals surface area contributed by atoms with Crippen LogP contribution < -0.4 is 10.1 Å². The monoisotopic (exact) mass is 288 g/mol. The SMILES string of the molecule is COc1cccc(O)c1C(=O)Nc1ccc([N+](=O)[O-])cc1. The van der Waals surface area contributed by atoms with Gasteiger partial charge in [0, 0.05) is 17.8 Å². The fraction of sp³-hybridized carbons (Fsp3) is 0.0714. The zero-order valence-corrected chi connectivity index (χ0v) is 11.1. The smallest absolute Gasteiger partial charge is 0.269 e. The Bertz CT molecular complexity index is 682. The van der Waals surface area contributed by atoms with E-state index in [1.165, 1.54) is 37.4 Å². The van der Waals surface area contributed by atoms with Gasteiger partial charge in [-0.25, -0.2) is 0 Å². The molecule has 0 aliphatic carbocycles. The number of benzene rings is 2. The van der Waals surface area contributed by atoms with E-state index in [1.54, 1.807) is 12.1 Å². The summed E-state index contributed by atoms with van der Waals surface area (Å²) in [6.07, 6.45) is 0. The summed E-state index contributed by atoms with van der Waals surface area (Å²) in [6, 6.07) is 9.83. The summed E-state index contributed by atoms with van der Waals surface area (Å²) in [5.41, 5.74) is 0.294. The van der Waals surface area contributed by atoms with E-state index in [4.69, 9.17) is 4.74 Å². The van der Waals surface area contributed by atoms with Gasteiger partial charge in [0.05, 0.1) is 12.0 Å². The third-order valence-corrected chi connectivity index (χ3v) is 2.79. The Morgan fingerprint density at radius 3 is 2.48 bits per heavy atom. The van der Waals surface area contributed by atoms with Crippen LogP contribution in [0.5, 0.6) is 11.5 Å². The van der Waals surface area contributed by atoms with Gasteiger partial charge in [0.1, 0.15) is 17.1 Å². The molecular formula is C14H12N2O5. The quantitative estimate of drug-likeness (QED) is 0.665. The number of nitrogens with zero attached hydrogens (tertiary/aromatic N) is 1. The number of carbonyl (C=O) groups excluding carboxylic acids is 1. The number of methoxy groups -OCH3 is 1. The summed E-state index contributed by atoms with van der Waals surface area (Å²) >= 11 is 0. The van der Waals surface area contributed by atoms with Gasteiger partial charge in [0.15, 0.2) is 0 Å². The summed E-state index contributed by atoms with van der Waals surface area (Å²) in [5.74, 6) is -0.554. The predicted molar refractivity (Wildman–Crippen MR) is 75.7 cm³/mol. The molecule has 0 fully saturated rings. The van der Waals surface area contributed by atoms with E-state index in [0.717, 1.165) is 0 Å². The van der Waals surface area contributed by atoms with E-state index in [9.17, 15) is 20.0 Å². The van der Waals surface area contributed by atoms with Crippen LogP contribution in [0.15, 0.2) is 42.5 Å². The van der Waals surface area contributed by atoms with Crippen LogP contribution in [0.4, 0.5) is 11.4 Å². The fourth-order valence-electron chi connectivity index (χ4n) is 1.78. The first-order valence-electron chi connectivity index (χ1n) is 5.94. The molecule has 0 aliphatic rings. The highest BCUT2D eigenvalue weighted by Gasteiger charge is 2.17. The van der Waals surface area contributed by atoms with Gasteiger partial charge in [-0.05, 0) is 24.3 Å². The number of nitro groups is 1. The molecule has 2 rings (SSSR count). The van der Waals surface area contributed by atoms with Crippen LogP contribution in [0.1, 0.15) is 10.4 Å². The van der Waals surface area contributed by atoms with Crippen molar-refractivity contribution in [1.82, 2.24) is 0 Å². The van der Waals surface area contributed by atoms with E-state index in [1.807, 2.05) is 0 Å². The number of nitro benzene ring substituents is 1. The average molecular weight is 288 g/mol. The van der Waals surface area contributed by atoms with Crippen LogP contribution in [-0.2, 0) is 0 Å². The first kappa shape index (κ1) is 14.3. The maximum absolute atomic E-state index is 12.1. The summed E-state index contributed by atoms with van der Waals surface area (Å²) in [6.45, 7) is 0.